The molecule has 0 aromatic heterocycles. The summed E-state index contributed by atoms with van der Waals surface area (Å²) in [5.74, 6) is 1.51. The Morgan fingerprint density at radius 3 is 2.46 bits per heavy atom. The third kappa shape index (κ3) is 4.32. The molecule has 2 atom stereocenters. The molecule has 1 N–H and O–H groups in total. The highest BCUT2D eigenvalue weighted by Crippen LogP contribution is 2.42. The van der Waals surface area contributed by atoms with E-state index in [0.717, 1.165) is 36.3 Å². The van der Waals surface area contributed by atoms with Crippen LogP contribution in [0.3, 0.4) is 0 Å². The van der Waals surface area contributed by atoms with Crippen LogP contribution in [0.15, 0.2) is 48.5 Å². The highest BCUT2D eigenvalue weighted by molar-refractivity contribution is 5.81. The van der Waals surface area contributed by atoms with E-state index in [9.17, 15) is 4.79 Å². The van der Waals surface area contributed by atoms with Gasteiger partial charge in [0.15, 0.2) is 6.10 Å². The molecule has 1 heterocycles. The maximum Gasteiger partial charge on any atom is 0.261 e. The summed E-state index contributed by atoms with van der Waals surface area (Å²) >= 11 is 0. The van der Waals surface area contributed by atoms with Crippen molar-refractivity contribution in [1.29, 1.82) is 0 Å². The number of hydrogen-bond acceptors (Lipinski definition) is 3. The molecule has 2 aromatic rings. The molecule has 28 heavy (non-hydrogen) atoms. The third-order valence-corrected chi connectivity index (χ3v) is 5.76. The van der Waals surface area contributed by atoms with Crippen molar-refractivity contribution in [2.24, 2.45) is 0 Å². The van der Waals surface area contributed by atoms with Crippen LogP contribution < -0.4 is 14.8 Å². The zero-order valence-corrected chi connectivity index (χ0v) is 17.3. The standard InChI is InChI=1S/C24H31NO3/c1-5-21(27-18-14-12-17(4)13-15-18)23(26)25-20-16-24(6-2,7-3)28-22-11-9-8-10-19(20)22/h8-15,20-21H,5-7,16H2,1-4H3,(H,25,26). The lowest BCUT2D eigenvalue weighted by atomic mass is 9.83. The third-order valence-electron chi connectivity index (χ3n) is 5.76. The molecule has 0 aliphatic carbocycles. The second kappa shape index (κ2) is 8.68. The summed E-state index contributed by atoms with van der Waals surface area (Å²) in [5.41, 5.74) is 1.96. The number of ether oxygens (including phenoxy) is 2. The number of carbonyl (C=O) groups excluding carboxylic acids is 1. The first-order valence-corrected chi connectivity index (χ1v) is 10.3. The lowest BCUT2D eigenvalue weighted by Crippen LogP contribution is -2.47. The van der Waals surface area contributed by atoms with Gasteiger partial charge < -0.3 is 14.8 Å². The number of rotatable bonds is 7. The van der Waals surface area contributed by atoms with Crippen molar-refractivity contribution in [3.8, 4) is 11.5 Å². The molecule has 3 rings (SSSR count). The van der Waals surface area contributed by atoms with E-state index in [4.69, 9.17) is 9.47 Å². The number of aryl methyl sites for hydroxylation is 1. The molecule has 0 bridgehead atoms. The predicted octanol–water partition coefficient (Wildman–Crippen LogP) is 5.35. The Labute approximate surface area is 168 Å². The zero-order chi connectivity index (χ0) is 20.1. The first-order chi connectivity index (χ1) is 13.5. The topological polar surface area (TPSA) is 47.6 Å². The van der Waals surface area contributed by atoms with Gasteiger partial charge in [0, 0.05) is 12.0 Å². The van der Waals surface area contributed by atoms with E-state index in [1.165, 1.54) is 5.56 Å². The number of carbonyl (C=O) groups is 1. The van der Waals surface area contributed by atoms with Crippen LogP contribution in [-0.4, -0.2) is 17.6 Å². The van der Waals surface area contributed by atoms with Crippen LogP contribution in [0, 0.1) is 6.92 Å². The fourth-order valence-electron chi connectivity index (χ4n) is 3.80. The van der Waals surface area contributed by atoms with Crippen LogP contribution in [0.1, 0.15) is 63.6 Å². The fraction of sp³-hybridized carbons (Fsp3) is 0.458. The number of nitrogens with one attached hydrogen (secondary N) is 1. The quantitative estimate of drug-likeness (QED) is 0.703. The van der Waals surface area contributed by atoms with Gasteiger partial charge in [0.1, 0.15) is 17.1 Å². The molecule has 150 valence electrons. The minimum atomic E-state index is -0.518. The fourth-order valence-corrected chi connectivity index (χ4v) is 3.80. The molecule has 2 unspecified atom stereocenters. The zero-order valence-electron chi connectivity index (χ0n) is 17.3. The van der Waals surface area contributed by atoms with E-state index in [0.29, 0.717) is 6.42 Å². The number of para-hydroxylation sites is 1. The molecule has 1 amide bonds. The summed E-state index contributed by atoms with van der Waals surface area (Å²) < 4.78 is 12.3. The Bertz CT molecular complexity index is 796. The summed E-state index contributed by atoms with van der Waals surface area (Å²) in [7, 11) is 0. The number of hydrogen-bond donors (Lipinski definition) is 1. The number of fused-ring (bicyclic) bond motifs is 1. The van der Waals surface area contributed by atoms with Gasteiger partial charge in [-0.05, 0) is 44.4 Å². The van der Waals surface area contributed by atoms with Crippen LogP contribution in [0.2, 0.25) is 0 Å². The Hall–Kier alpha value is -2.49. The lowest BCUT2D eigenvalue weighted by Gasteiger charge is -2.42. The minimum absolute atomic E-state index is 0.0759. The molecule has 0 spiro atoms. The second-order valence-corrected chi connectivity index (χ2v) is 7.62. The minimum Gasteiger partial charge on any atom is -0.487 e. The van der Waals surface area contributed by atoms with Crippen molar-refractivity contribution >= 4 is 5.91 Å². The Kier molecular flexibility index (Phi) is 6.28. The summed E-state index contributed by atoms with van der Waals surface area (Å²) in [5, 5.41) is 3.24. The SMILES string of the molecule is CCC(Oc1ccc(C)cc1)C(=O)NC1CC(CC)(CC)Oc2ccccc21. The van der Waals surface area contributed by atoms with Gasteiger partial charge in [0.25, 0.3) is 5.91 Å². The molecule has 0 fully saturated rings. The maximum atomic E-state index is 13.0. The summed E-state index contributed by atoms with van der Waals surface area (Å²) in [4.78, 5) is 13.0. The number of benzene rings is 2. The van der Waals surface area contributed by atoms with Crippen molar-refractivity contribution in [3.05, 3.63) is 59.7 Å². The summed E-state index contributed by atoms with van der Waals surface area (Å²) in [6.45, 7) is 8.29. The van der Waals surface area contributed by atoms with Gasteiger partial charge in [-0.15, -0.1) is 0 Å². The van der Waals surface area contributed by atoms with Gasteiger partial charge >= 0.3 is 0 Å². The molecule has 2 aromatic carbocycles. The molecule has 4 nitrogen and oxygen atoms in total. The van der Waals surface area contributed by atoms with E-state index in [1.807, 2.05) is 62.4 Å². The van der Waals surface area contributed by atoms with Crippen LogP contribution in [0.5, 0.6) is 11.5 Å². The van der Waals surface area contributed by atoms with Crippen molar-refractivity contribution < 1.29 is 14.3 Å². The molecule has 1 aliphatic heterocycles. The Balaban J connectivity index is 1.78. The van der Waals surface area contributed by atoms with Crippen molar-refractivity contribution in [2.45, 2.75) is 71.1 Å². The highest BCUT2D eigenvalue weighted by Gasteiger charge is 2.39. The molecule has 0 radical (unpaired) electrons. The second-order valence-electron chi connectivity index (χ2n) is 7.62. The van der Waals surface area contributed by atoms with Gasteiger partial charge in [-0.1, -0.05) is 56.7 Å². The lowest BCUT2D eigenvalue weighted by molar-refractivity contribution is -0.129. The number of amides is 1. The first kappa shape index (κ1) is 20.2. The summed E-state index contributed by atoms with van der Waals surface area (Å²) in [6.07, 6.45) is 2.67. The van der Waals surface area contributed by atoms with Gasteiger partial charge in [-0.25, -0.2) is 0 Å². The maximum absolute atomic E-state index is 13.0. The van der Waals surface area contributed by atoms with Crippen molar-refractivity contribution in [1.82, 2.24) is 5.32 Å². The van der Waals surface area contributed by atoms with E-state index in [2.05, 4.69) is 19.2 Å². The predicted molar refractivity (Wildman–Crippen MR) is 112 cm³/mol. The van der Waals surface area contributed by atoms with E-state index >= 15 is 0 Å². The van der Waals surface area contributed by atoms with Crippen LogP contribution in [-0.2, 0) is 4.79 Å². The van der Waals surface area contributed by atoms with Gasteiger partial charge in [-0.3, -0.25) is 4.79 Å². The monoisotopic (exact) mass is 381 g/mol. The van der Waals surface area contributed by atoms with Gasteiger partial charge in [0.05, 0.1) is 6.04 Å². The molecular weight excluding hydrogens is 350 g/mol. The summed E-state index contributed by atoms with van der Waals surface area (Å²) in [6, 6.07) is 15.7. The smallest absolute Gasteiger partial charge is 0.261 e. The molecule has 0 saturated heterocycles. The molecule has 0 saturated carbocycles. The van der Waals surface area contributed by atoms with Crippen LogP contribution in [0.4, 0.5) is 0 Å². The average molecular weight is 382 g/mol. The van der Waals surface area contributed by atoms with Crippen molar-refractivity contribution in [2.75, 3.05) is 0 Å². The Morgan fingerprint density at radius 1 is 1.14 bits per heavy atom. The Morgan fingerprint density at radius 2 is 1.82 bits per heavy atom. The molecule has 4 heteroatoms. The highest BCUT2D eigenvalue weighted by atomic mass is 16.5. The normalized spacial score (nSPS) is 18.5. The van der Waals surface area contributed by atoms with Gasteiger partial charge in [-0.2, -0.15) is 0 Å². The van der Waals surface area contributed by atoms with Crippen LogP contribution >= 0.6 is 0 Å². The van der Waals surface area contributed by atoms with Gasteiger partial charge in [0.2, 0.25) is 0 Å². The van der Waals surface area contributed by atoms with E-state index in [1.54, 1.807) is 0 Å². The first-order valence-electron chi connectivity index (χ1n) is 10.3. The van der Waals surface area contributed by atoms with E-state index < -0.39 is 6.10 Å². The van der Waals surface area contributed by atoms with Crippen molar-refractivity contribution in [3.63, 3.8) is 0 Å². The largest absolute Gasteiger partial charge is 0.487 e. The van der Waals surface area contributed by atoms with Crippen LogP contribution in [0.25, 0.3) is 0 Å². The molecule has 1 aliphatic rings. The van der Waals surface area contributed by atoms with E-state index in [-0.39, 0.29) is 17.6 Å². The average Bonchev–Trinajstić information content (AvgIpc) is 2.73. The molecular formula is C24H31NO3.